The molecule has 0 radical (unpaired) electrons. The highest BCUT2D eigenvalue weighted by atomic mass is 32.2. The Bertz CT molecular complexity index is 1370. The lowest BCUT2D eigenvalue weighted by Gasteiger charge is -2.18. The van der Waals surface area contributed by atoms with Crippen LogP contribution in [0.2, 0.25) is 0 Å². The third-order valence-electron chi connectivity index (χ3n) is 4.89. The lowest BCUT2D eigenvalue weighted by Crippen LogP contribution is -2.18. The summed E-state index contributed by atoms with van der Waals surface area (Å²) in [4.78, 5) is 13.2. The fourth-order valence-corrected chi connectivity index (χ4v) is 3.73. The highest BCUT2D eigenvalue weighted by Crippen LogP contribution is 2.29. The molecule has 0 spiro atoms. The summed E-state index contributed by atoms with van der Waals surface area (Å²) >= 11 is -2.58. The number of benzene rings is 2. The third-order valence-corrected chi connectivity index (χ3v) is 5.22. The number of halogens is 1. The second-order valence-corrected chi connectivity index (χ2v) is 7.34. The van der Waals surface area contributed by atoms with Gasteiger partial charge in [-0.2, -0.15) is 9.31 Å². The maximum Gasteiger partial charge on any atom is 0.357 e. The standard InChI is InChI=1S/C22H18FN3O5S/c1-14-21(19-10-11-24-26(19)15-6-4-3-5-7-15)22(27)20(30-2)13-25(14)18-9-8-16(12-17(18)23)31-32(28)29/h3-13H,1-2H3,(H,28,29). The zero-order chi connectivity index (χ0) is 22.8. The molecule has 2 aromatic heterocycles. The summed E-state index contributed by atoms with van der Waals surface area (Å²) in [5, 5.41) is 4.34. The van der Waals surface area contributed by atoms with Crippen LogP contribution in [0.3, 0.4) is 0 Å². The lowest BCUT2D eigenvalue weighted by molar-refractivity contribution is 0.407. The maximum absolute atomic E-state index is 14.9. The third kappa shape index (κ3) is 3.93. The van der Waals surface area contributed by atoms with Gasteiger partial charge in [-0.25, -0.2) is 9.07 Å². The van der Waals surface area contributed by atoms with Gasteiger partial charge in [0, 0.05) is 11.8 Å². The maximum atomic E-state index is 14.9. The van der Waals surface area contributed by atoms with Gasteiger partial charge in [-0.15, -0.1) is 0 Å². The predicted octanol–water partition coefficient (Wildman–Crippen LogP) is 3.66. The molecule has 1 unspecified atom stereocenters. The number of para-hydroxylation sites is 1. The van der Waals surface area contributed by atoms with Gasteiger partial charge in [0.15, 0.2) is 11.6 Å². The molecule has 4 aromatic rings. The van der Waals surface area contributed by atoms with Gasteiger partial charge in [-0.1, -0.05) is 18.2 Å². The molecule has 0 fully saturated rings. The van der Waals surface area contributed by atoms with E-state index in [1.165, 1.54) is 30.0 Å². The van der Waals surface area contributed by atoms with Crippen LogP contribution in [0.4, 0.5) is 4.39 Å². The first-order chi connectivity index (χ1) is 15.4. The fraction of sp³-hybridized carbons (Fsp3) is 0.0909. The fourth-order valence-electron chi connectivity index (χ4n) is 3.46. The average molecular weight is 455 g/mol. The van der Waals surface area contributed by atoms with Gasteiger partial charge < -0.3 is 13.5 Å². The van der Waals surface area contributed by atoms with Crippen molar-refractivity contribution in [2.75, 3.05) is 7.11 Å². The summed E-state index contributed by atoms with van der Waals surface area (Å²) in [5.41, 5.74) is 1.75. The van der Waals surface area contributed by atoms with E-state index in [1.807, 2.05) is 30.3 Å². The normalized spacial score (nSPS) is 11.9. The van der Waals surface area contributed by atoms with Gasteiger partial charge in [0.1, 0.15) is 5.75 Å². The van der Waals surface area contributed by atoms with Crippen LogP contribution >= 0.6 is 0 Å². The minimum Gasteiger partial charge on any atom is -0.491 e. The van der Waals surface area contributed by atoms with Crippen LogP contribution < -0.4 is 14.3 Å². The first-order valence-electron chi connectivity index (χ1n) is 9.40. The van der Waals surface area contributed by atoms with Crippen molar-refractivity contribution in [1.29, 1.82) is 0 Å². The van der Waals surface area contributed by atoms with Crippen LogP contribution in [0.25, 0.3) is 22.6 Å². The average Bonchev–Trinajstić information content (AvgIpc) is 3.24. The summed E-state index contributed by atoms with van der Waals surface area (Å²) in [6, 6.07) is 14.7. The lowest BCUT2D eigenvalue weighted by atomic mass is 10.1. The number of pyridine rings is 1. The van der Waals surface area contributed by atoms with Crippen molar-refractivity contribution in [1.82, 2.24) is 14.3 Å². The van der Waals surface area contributed by atoms with E-state index >= 15 is 0 Å². The SMILES string of the molecule is COc1cn(-c2ccc(OS(=O)O)cc2F)c(C)c(-c2ccnn2-c2ccccc2)c1=O. The molecular formula is C22H18FN3O5S. The Morgan fingerprint density at radius 2 is 1.88 bits per heavy atom. The van der Waals surface area contributed by atoms with Crippen molar-refractivity contribution in [3.05, 3.63) is 88.7 Å². The molecule has 32 heavy (non-hydrogen) atoms. The van der Waals surface area contributed by atoms with Crippen LogP contribution in [-0.4, -0.2) is 30.2 Å². The van der Waals surface area contributed by atoms with E-state index in [2.05, 4.69) is 9.28 Å². The Balaban J connectivity index is 1.93. The highest BCUT2D eigenvalue weighted by Gasteiger charge is 2.21. The molecule has 0 amide bonds. The van der Waals surface area contributed by atoms with E-state index in [0.717, 1.165) is 11.8 Å². The smallest absolute Gasteiger partial charge is 0.357 e. The van der Waals surface area contributed by atoms with Gasteiger partial charge in [-0.3, -0.25) is 9.35 Å². The molecule has 8 nitrogen and oxygen atoms in total. The molecule has 1 atom stereocenters. The molecular weight excluding hydrogens is 437 g/mol. The van der Waals surface area contributed by atoms with Crippen molar-refractivity contribution in [3.63, 3.8) is 0 Å². The molecule has 4 rings (SSSR count). The minimum absolute atomic E-state index is 0.0163. The number of rotatable bonds is 6. The first kappa shape index (κ1) is 21.5. The van der Waals surface area contributed by atoms with Crippen molar-refractivity contribution in [2.45, 2.75) is 6.92 Å². The number of methoxy groups -OCH3 is 1. The van der Waals surface area contributed by atoms with E-state index in [4.69, 9.17) is 9.29 Å². The second kappa shape index (κ2) is 8.77. The second-order valence-electron chi connectivity index (χ2n) is 6.73. The van der Waals surface area contributed by atoms with Gasteiger partial charge in [0.05, 0.1) is 42.1 Å². The van der Waals surface area contributed by atoms with Crippen LogP contribution in [0.1, 0.15) is 5.69 Å². The number of ether oxygens (including phenoxy) is 1. The Labute approximate surface area is 185 Å². The van der Waals surface area contributed by atoms with E-state index in [1.54, 1.807) is 23.9 Å². The number of aromatic nitrogens is 3. The molecule has 2 heterocycles. The summed E-state index contributed by atoms with van der Waals surface area (Å²) in [6.07, 6.45) is 2.97. The summed E-state index contributed by atoms with van der Waals surface area (Å²) < 4.78 is 47.6. The Kier molecular flexibility index (Phi) is 5.89. The van der Waals surface area contributed by atoms with Crippen molar-refractivity contribution in [3.8, 4) is 34.1 Å². The van der Waals surface area contributed by atoms with Gasteiger partial charge in [0.2, 0.25) is 5.43 Å². The molecule has 0 saturated carbocycles. The van der Waals surface area contributed by atoms with E-state index in [-0.39, 0.29) is 22.6 Å². The van der Waals surface area contributed by atoms with Gasteiger partial charge in [0.25, 0.3) is 0 Å². The topological polar surface area (TPSA) is 95.6 Å². The Hall–Kier alpha value is -3.76. The molecule has 0 saturated heterocycles. The van der Waals surface area contributed by atoms with Crippen molar-refractivity contribution >= 4 is 11.4 Å². The molecule has 0 aliphatic rings. The quantitative estimate of drug-likeness (QED) is 0.446. The molecule has 2 aromatic carbocycles. The zero-order valence-electron chi connectivity index (χ0n) is 17.1. The summed E-state index contributed by atoms with van der Waals surface area (Å²) in [7, 11) is 1.36. The van der Waals surface area contributed by atoms with Gasteiger partial charge >= 0.3 is 11.4 Å². The first-order valence-corrected chi connectivity index (χ1v) is 10.4. The van der Waals surface area contributed by atoms with E-state index in [9.17, 15) is 13.4 Å². The van der Waals surface area contributed by atoms with E-state index < -0.39 is 17.2 Å². The van der Waals surface area contributed by atoms with Crippen LogP contribution in [0.5, 0.6) is 11.5 Å². The van der Waals surface area contributed by atoms with Crippen molar-refractivity contribution in [2.24, 2.45) is 0 Å². The highest BCUT2D eigenvalue weighted by molar-refractivity contribution is 7.74. The monoisotopic (exact) mass is 455 g/mol. The van der Waals surface area contributed by atoms with Gasteiger partial charge in [-0.05, 0) is 37.3 Å². The molecule has 0 aliphatic heterocycles. The molecule has 164 valence electrons. The molecule has 10 heteroatoms. The molecule has 0 bridgehead atoms. The molecule has 0 aliphatic carbocycles. The van der Waals surface area contributed by atoms with Crippen LogP contribution in [0.15, 0.2) is 71.8 Å². The minimum atomic E-state index is -2.58. The predicted molar refractivity (Wildman–Crippen MR) is 117 cm³/mol. The number of nitrogens with zero attached hydrogens (tertiary/aromatic N) is 3. The van der Waals surface area contributed by atoms with Crippen LogP contribution in [0, 0.1) is 12.7 Å². The Morgan fingerprint density at radius 3 is 2.53 bits per heavy atom. The zero-order valence-corrected chi connectivity index (χ0v) is 17.9. The number of hydrogen-bond donors (Lipinski definition) is 1. The number of hydrogen-bond acceptors (Lipinski definition) is 5. The van der Waals surface area contributed by atoms with E-state index in [0.29, 0.717) is 17.0 Å². The van der Waals surface area contributed by atoms with Crippen LogP contribution in [-0.2, 0) is 11.4 Å². The van der Waals surface area contributed by atoms with Crippen molar-refractivity contribution < 1.29 is 22.1 Å². The Morgan fingerprint density at radius 1 is 1.12 bits per heavy atom. The summed E-state index contributed by atoms with van der Waals surface area (Å²) in [5.74, 6) is -0.813. The summed E-state index contributed by atoms with van der Waals surface area (Å²) in [6.45, 7) is 1.69. The largest absolute Gasteiger partial charge is 0.491 e. The molecule has 1 N–H and O–H groups in total.